The Kier molecular flexibility index (Phi) is 3.05. The lowest BCUT2D eigenvalue weighted by Gasteiger charge is -2.29. The first-order chi connectivity index (χ1) is 8.72. The summed E-state index contributed by atoms with van der Waals surface area (Å²) in [5.41, 5.74) is 5.98. The molecule has 0 saturated carbocycles. The second-order valence-corrected chi connectivity index (χ2v) is 6.03. The Morgan fingerprint density at radius 1 is 1.50 bits per heavy atom. The van der Waals surface area contributed by atoms with Crippen molar-refractivity contribution in [2.75, 3.05) is 18.0 Å². The Hall–Kier alpha value is -1.40. The van der Waals surface area contributed by atoms with Crippen molar-refractivity contribution in [2.45, 2.75) is 25.8 Å². The minimum Gasteiger partial charge on any atom is -0.338 e. The van der Waals surface area contributed by atoms with Crippen LogP contribution in [0.5, 0.6) is 0 Å². The van der Waals surface area contributed by atoms with Gasteiger partial charge in [0.1, 0.15) is 0 Å². The van der Waals surface area contributed by atoms with Crippen LogP contribution in [0.25, 0.3) is 10.7 Å². The normalized spacial score (nSPS) is 20.3. The van der Waals surface area contributed by atoms with E-state index in [1.165, 1.54) is 4.88 Å². The first kappa shape index (κ1) is 11.7. The molecule has 18 heavy (non-hydrogen) atoms. The van der Waals surface area contributed by atoms with Crippen molar-refractivity contribution in [2.24, 2.45) is 5.73 Å². The van der Waals surface area contributed by atoms with E-state index in [-0.39, 0.29) is 6.04 Å². The number of H-pyrrole nitrogens is 1. The molecule has 3 rings (SSSR count). The minimum atomic E-state index is 0.240. The monoisotopic (exact) mass is 263 g/mol. The number of aromatic nitrogens is 3. The van der Waals surface area contributed by atoms with Gasteiger partial charge in [-0.2, -0.15) is 4.98 Å². The standard InChI is InChI=1S/C12H17N5S/c1-8-4-5-10(18-8)11-14-12(16-15-11)17-6-2-3-9(13)7-17/h4-5,9H,2-3,6-7,13H2,1H3,(H,14,15,16). The van der Waals surface area contributed by atoms with E-state index in [9.17, 15) is 0 Å². The summed E-state index contributed by atoms with van der Waals surface area (Å²) in [6.45, 7) is 3.93. The second kappa shape index (κ2) is 4.70. The van der Waals surface area contributed by atoms with E-state index in [0.717, 1.165) is 42.6 Å². The van der Waals surface area contributed by atoms with Crippen molar-refractivity contribution in [1.82, 2.24) is 15.2 Å². The van der Waals surface area contributed by atoms with Crippen LogP contribution in [0.3, 0.4) is 0 Å². The Morgan fingerprint density at radius 2 is 2.39 bits per heavy atom. The van der Waals surface area contributed by atoms with E-state index in [1.54, 1.807) is 11.3 Å². The number of hydrogen-bond donors (Lipinski definition) is 2. The molecule has 2 aromatic rings. The zero-order valence-corrected chi connectivity index (χ0v) is 11.2. The third-order valence-corrected chi connectivity index (χ3v) is 4.20. The number of nitrogens with one attached hydrogen (secondary N) is 1. The first-order valence-electron chi connectivity index (χ1n) is 6.22. The van der Waals surface area contributed by atoms with Crippen molar-refractivity contribution in [3.63, 3.8) is 0 Å². The molecule has 0 spiro atoms. The predicted octanol–water partition coefficient (Wildman–Crippen LogP) is 1.77. The smallest absolute Gasteiger partial charge is 0.245 e. The van der Waals surface area contributed by atoms with E-state index >= 15 is 0 Å². The van der Waals surface area contributed by atoms with Crippen molar-refractivity contribution in [3.05, 3.63) is 17.0 Å². The molecule has 1 aliphatic rings. The van der Waals surface area contributed by atoms with E-state index < -0.39 is 0 Å². The number of nitrogens with zero attached hydrogens (tertiary/aromatic N) is 3. The highest BCUT2D eigenvalue weighted by Gasteiger charge is 2.20. The van der Waals surface area contributed by atoms with Crippen LogP contribution in [0.4, 0.5) is 5.95 Å². The Balaban J connectivity index is 1.80. The topological polar surface area (TPSA) is 70.8 Å². The molecule has 1 aliphatic heterocycles. The maximum Gasteiger partial charge on any atom is 0.245 e. The summed E-state index contributed by atoms with van der Waals surface area (Å²) in [6.07, 6.45) is 2.21. The zero-order chi connectivity index (χ0) is 12.5. The van der Waals surface area contributed by atoms with Gasteiger partial charge < -0.3 is 10.6 Å². The minimum absolute atomic E-state index is 0.240. The van der Waals surface area contributed by atoms with Crippen molar-refractivity contribution >= 4 is 17.3 Å². The van der Waals surface area contributed by atoms with Gasteiger partial charge >= 0.3 is 0 Å². The van der Waals surface area contributed by atoms with Gasteiger partial charge in [-0.25, -0.2) is 0 Å². The fourth-order valence-corrected chi connectivity index (χ4v) is 3.07. The van der Waals surface area contributed by atoms with Crippen LogP contribution in [0.1, 0.15) is 17.7 Å². The van der Waals surface area contributed by atoms with Gasteiger partial charge in [0.15, 0.2) is 5.82 Å². The van der Waals surface area contributed by atoms with E-state index in [0.29, 0.717) is 0 Å². The molecule has 0 aliphatic carbocycles. The largest absolute Gasteiger partial charge is 0.338 e. The summed E-state index contributed by atoms with van der Waals surface area (Å²) < 4.78 is 0. The molecule has 0 amide bonds. The summed E-state index contributed by atoms with van der Waals surface area (Å²) in [7, 11) is 0. The Bertz CT molecular complexity index is 532. The Labute approximate surface area is 110 Å². The molecule has 3 heterocycles. The lowest BCUT2D eigenvalue weighted by Crippen LogP contribution is -2.43. The fraction of sp³-hybridized carbons (Fsp3) is 0.500. The predicted molar refractivity (Wildman–Crippen MR) is 73.9 cm³/mol. The van der Waals surface area contributed by atoms with Crippen LogP contribution >= 0.6 is 11.3 Å². The van der Waals surface area contributed by atoms with Crippen LogP contribution in [-0.2, 0) is 0 Å². The zero-order valence-electron chi connectivity index (χ0n) is 10.4. The molecular weight excluding hydrogens is 246 g/mol. The third-order valence-electron chi connectivity index (χ3n) is 3.19. The number of anilines is 1. The Morgan fingerprint density at radius 3 is 3.11 bits per heavy atom. The summed E-state index contributed by atoms with van der Waals surface area (Å²) in [5.74, 6) is 1.62. The number of aryl methyl sites for hydroxylation is 1. The first-order valence-corrected chi connectivity index (χ1v) is 7.04. The van der Waals surface area contributed by atoms with E-state index in [4.69, 9.17) is 5.73 Å². The average molecular weight is 263 g/mol. The number of rotatable bonds is 2. The van der Waals surface area contributed by atoms with Gasteiger partial charge in [0.05, 0.1) is 4.88 Å². The van der Waals surface area contributed by atoms with E-state index in [2.05, 4.69) is 39.1 Å². The van der Waals surface area contributed by atoms with Crippen LogP contribution in [0.2, 0.25) is 0 Å². The number of aromatic amines is 1. The molecule has 6 heteroatoms. The van der Waals surface area contributed by atoms with Gasteiger partial charge in [0, 0.05) is 24.0 Å². The van der Waals surface area contributed by atoms with Gasteiger partial charge in [-0.05, 0) is 31.9 Å². The molecule has 0 aromatic carbocycles. The van der Waals surface area contributed by atoms with Gasteiger partial charge in [-0.3, -0.25) is 5.10 Å². The van der Waals surface area contributed by atoms with Crippen LogP contribution in [0, 0.1) is 6.92 Å². The molecule has 0 radical (unpaired) electrons. The summed E-state index contributed by atoms with van der Waals surface area (Å²) >= 11 is 1.72. The summed E-state index contributed by atoms with van der Waals surface area (Å²) in [4.78, 5) is 9.14. The lowest BCUT2D eigenvalue weighted by molar-refractivity contribution is 0.500. The maximum absolute atomic E-state index is 5.98. The van der Waals surface area contributed by atoms with Crippen LogP contribution in [-0.4, -0.2) is 34.3 Å². The van der Waals surface area contributed by atoms with Gasteiger partial charge in [0.2, 0.25) is 5.95 Å². The summed E-state index contributed by atoms with van der Waals surface area (Å²) in [6, 6.07) is 4.41. The molecular formula is C12H17N5S. The molecule has 0 bridgehead atoms. The van der Waals surface area contributed by atoms with Crippen molar-refractivity contribution < 1.29 is 0 Å². The van der Waals surface area contributed by atoms with Gasteiger partial charge in [0.25, 0.3) is 0 Å². The lowest BCUT2D eigenvalue weighted by atomic mass is 10.1. The average Bonchev–Trinajstić information content (AvgIpc) is 2.97. The van der Waals surface area contributed by atoms with Crippen molar-refractivity contribution in [3.8, 4) is 10.7 Å². The second-order valence-electron chi connectivity index (χ2n) is 4.74. The van der Waals surface area contributed by atoms with E-state index in [1.807, 2.05) is 0 Å². The highest BCUT2D eigenvalue weighted by molar-refractivity contribution is 7.15. The van der Waals surface area contributed by atoms with Crippen molar-refractivity contribution in [1.29, 1.82) is 0 Å². The molecule has 3 N–H and O–H groups in total. The fourth-order valence-electron chi connectivity index (χ4n) is 2.26. The molecule has 5 nitrogen and oxygen atoms in total. The third kappa shape index (κ3) is 2.26. The quantitative estimate of drug-likeness (QED) is 0.866. The van der Waals surface area contributed by atoms with Gasteiger partial charge in [-0.15, -0.1) is 16.4 Å². The molecule has 96 valence electrons. The molecule has 1 saturated heterocycles. The molecule has 1 fully saturated rings. The molecule has 1 unspecified atom stereocenters. The maximum atomic E-state index is 5.98. The molecule has 2 aromatic heterocycles. The molecule has 1 atom stereocenters. The number of thiophene rings is 1. The highest BCUT2D eigenvalue weighted by Crippen LogP contribution is 2.26. The SMILES string of the molecule is Cc1ccc(-c2nc(N3CCCC(N)C3)n[nH]2)s1. The number of nitrogens with two attached hydrogens (primary N) is 1. The highest BCUT2D eigenvalue weighted by atomic mass is 32.1. The number of hydrogen-bond acceptors (Lipinski definition) is 5. The number of piperidine rings is 1. The van der Waals surface area contributed by atoms with Crippen LogP contribution < -0.4 is 10.6 Å². The van der Waals surface area contributed by atoms with Gasteiger partial charge in [-0.1, -0.05) is 0 Å². The summed E-state index contributed by atoms with van der Waals surface area (Å²) in [5, 5.41) is 7.32. The van der Waals surface area contributed by atoms with Crippen LogP contribution in [0.15, 0.2) is 12.1 Å².